The van der Waals surface area contributed by atoms with Gasteiger partial charge in [0.05, 0.1) is 0 Å². The number of hydrogen-bond acceptors (Lipinski definition) is 2. The lowest BCUT2D eigenvalue weighted by molar-refractivity contribution is -0.159. The number of hydrogen-bond donors (Lipinski definition) is 0. The van der Waals surface area contributed by atoms with Crippen LogP contribution in [-0.4, -0.2) is 46.8 Å². The van der Waals surface area contributed by atoms with E-state index in [2.05, 4.69) is 6.92 Å². The van der Waals surface area contributed by atoms with Gasteiger partial charge in [0, 0.05) is 13.1 Å². The zero-order chi connectivity index (χ0) is 13.6. The first-order chi connectivity index (χ1) is 9.09. The summed E-state index contributed by atoms with van der Waals surface area (Å²) in [6.07, 6.45) is 5.58. The highest BCUT2D eigenvalue weighted by Crippen LogP contribution is 2.34. The molecule has 4 heteroatoms. The number of carbonyl (C=O) groups is 2. The predicted molar refractivity (Wildman–Crippen MR) is 72.4 cm³/mol. The van der Waals surface area contributed by atoms with Crippen LogP contribution in [0, 0.1) is 11.8 Å². The first-order valence-electron chi connectivity index (χ1n) is 7.70. The molecule has 0 N–H and O–H groups in total. The molecule has 4 nitrogen and oxygen atoms in total. The van der Waals surface area contributed by atoms with Gasteiger partial charge in [-0.25, -0.2) is 0 Å². The minimum absolute atomic E-state index is 0.152. The monoisotopic (exact) mass is 264 g/mol. The van der Waals surface area contributed by atoms with Crippen molar-refractivity contribution in [2.24, 2.45) is 11.8 Å². The van der Waals surface area contributed by atoms with Gasteiger partial charge in [-0.3, -0.25) is 9.59 Å². The summed E-state index contributed by atoms with van der Waals surface area (Å²) in [7, 11) is 0. The van der Waals surface area contributed by atoms with Crippen LogP contribution in [0.25, 0.3) is 0 Å². The largest absolute Gasteiger partial charge is 0.329 e. The predicted octanol–water partition coefficient (Wildman–Crippen LogP) is 1.64. The Morgan fingerprint density at radius 1 is 1.05 bits per heavy atom. The van der Waals surface area contributed by atoms with E-state index in [1.54, 1.807) is 0 Å². The Hall–Kier alpha value is -1.06. The average molecular weight is 264 g/mol. The average Bonchev–Trinajstić information content (AvgIpc) is 3.01. The molecule has 3 fully saturated rings. The summed E-state index contributed by atoms with van der Waals surface area (Å²) in [5.41, 5.74) is 0. The Bertz CT molecular complexity index is 396. The van der Waals surface area contributed by atoms with Crippen molar-refractivity contribution >= 4 is 11.8 Å². The van der Waals surface area contributed by atoms with E-state index < -0.39 is 0 Å². The SMILES string of the molecule is CC1CCCC1CN1C(=O)C2CCCN2C(=O)C1C. The molecule has 3 rings (SSSR count). The number of nitrogens with zero attached hydrogens (tertiary/aromatic N) is 2. The molecule has 0 bridgehead atoms. The van der Waals surface area contributed by atoms with Crippen LogP contribution in [0.4, 0.5) is 0 Å². The van der Waals surface area contributed by atoms with E-state index in [0.717, 1.165) is 25.9 Å². The third-order valence-corrected chi connectivity index (χ3v) is 5.40. The third-order valence-electron chi connectivity index (χ3n) is 5.40. The van der Waals surface area contributed by atoms with Crippen molar-refractivity contribution in [1.82, 2.24) is 9.80 Å². The molecule has 3 aliphatic rings. The maximum Gasteiger partial charge on any atom is 0.246 e. The molecule has 4 atom stereocenters. The van der Waals surface area contributed by atoms with Crippen LogP contribution in [0.3, 0.4) is 0 Å². The van der Waals surface area contributed by atoms with E-state index >= 15 is 0 Å². The fourth-order valence-corrected chi connectivity index (χ4v) is 4.04. The van der Waals surface area contributed by atoms with Gasteiger partial charge in [0.15, 0.2) is 0 Å². The van der Waals surface area contributed by atoms with Crippen LogP contribution in [0.15, 0.2) is 0 Å². The minimum atomic E-state index is -0.255. The number of amides is 2. The minimum Gasteiger partial charge on any atom is -0.329 e. The first-order valence-corrected chi connectivity index (χ1v) is 7.70. The Kier molecular flexibility index (Phi) is 3.27. The molecule has 4 unspecified atom stereocenters. The van der Waals surface area contributed by atoms with Gasteiger partial charge in [0.25, 0.3) is 0 Å². The van der Waals surface area contributed by atoms with Gasteiger partial charge in [0.2, 0.25) is 11.8 Å². The summed E-state index contributed by atoms with van der Waals surface area (Å²) in [6, 6.07) is -0.407. The molecular weight excluding hydrogens is 240 g/mol. The fourth-order valence-electron chi connectivity index (χ4n) is 4.04. The van der Waals surface area contributed by atoms with E-state index in [4.69, 9.17) is 0 Å². The van der Waals surface area contributed by atoms with Gasteiger partial charge in [-0.2, -0.15) is 0 Å². The van der Waals surface area contributed by atoms with Gasteiger partial charge in [-0.15, -0.1) is 0 Å². The molecule has 2 heterocycles. The summed E-state index contributed by atoms with van der Waals surface area (Å²) in [4.78, 5) is 28.6. The van der Waals surface area contributed by atoms with E-state index in [1.165, 1.54) is 19.3 Å². The highest BCUT2D eigenvalue weighted by Gasteiger charge is 2.46. The summed E-state index contributed by atoms with van der Waals surface area (Å²) >= 11 is 0. The quantitative estimate of drug-likeness (QED) is 0.761. The number of piperazine rings is 1. The summed E-state index contributed by atoms with van der Waals surface area (Å²) in [6.45, 7) is 5.74. The summed E-state index contributed by atoms with van der Waals surface area (Å²) in [5.74, 6) is 1.64. The highest BCUT2D eigenvalue weighted by atomic mass is 16.2. The van der Waals surface area contributed by atoms with Crippen LogP contribution in [-0.2, 0) is 9.59 Å². The fraction of sp³-hybridized carbons (Fsp3) is 0.867. The molecule has 1 saturated carbocycles. The zero-order valence-electron chi connectivity index (χ0n) is 12.0. The molecule has 1 aliphatic carbocycles. The van der Waals surface area contributed by atoms with Crippen molar-refractivity contribution in [2.75, 3.05) is 13.1 Å². The van der Waals surface area contributed by atoms with Gasteiger partial charge < -0.3 is 9.80 Å². The Labute approximate surface area is 115 Å². The van der Waals surface area contributed by atoms with Crippen molar-refractivity contribution in [3.05, 3.63) is 0 Å². The van der Waals surface area contributed by atoms with Gasteiger partial charge in [-0.1, -0.05) is 19.8 Å². The summed E-state index contributed by atoms with van der Waals surface area (Å²) in [5, 5.41) is 0. The maximum atomic E-state index is 12.6. The lowest BCUT2D eigenvalue weighted by Crippen LogP contribution is -2.62. The molecule has 2 saturated heterocycles. The molecule has 0 aromatic heterocycles. The molecule has 0 spiro atoms. The molecule has 0 aromatic carbocycles. The normalized spacial score (nSPS) is 39.1. The second-order valence-corrected chi connectivity index (χ2v) is 6.52. The topological polar surface area (TPSA) is 40.6 Å². The second kappa shape index (κ2) is 4.80. The molecule has 2 amide bonds. The van der Waals surface area contributed by atoms with Gasteiger partial charge in [-0.05, 0) is 38.0 Å². The first kappa shape index (κ1) is 12.9. The van der Waals surface area contributed by atoms with E-state index in [0.29, 0.717) is 11.8 Å². The Balaban J connectivity index is 1.76. The Morgan fingerprint density at radius 2 is 1.84 bits per heavy atom. The van der Waals surface area contributed by atoms with Gasteiger partial charge >= 0.3 is 0 Å². The van der Waals surface area contributed by atoms with Crippen molar-refractivity contribution in [2.45, 2.75) is 58.0 Å². The van der Waals surface area contributed by atoms with Crippen molar-refractivity contribution in [3.63, 3.8) is 0 Å². The van der Waals surface area contributed by atoms with E-state index in [9.17, 15) is 9.59 Å². The van der Waals surface area contributed by atoms with Crippen molar-refractivity contribution in [1.29, 1.82) is 0 Å². The molecule has 0 aromatic rings. The summed E-state index contributed by atoms with van der Waals surface area (Å²) < 4.78 is 0. The molecule has 2 aliphatic heterocycles. The standard InChI is InChI=1S/C15H24N2O2/c1-10-5-3-6-12(10)9-17-11(2)14(18)16-8-4-7-13(16)15(17)19/h10-13H,3-9H2,1-2H3. The van der Waals surface area contributed by atoms with Crippen LogP contribution < -0.4 is 0 Å². The lowest BCUT2D eigenvalue weighted by atomic mass is 9.95. The smallest absolute Gasteiger partial charge is 0.246 e. The van der Waals surface area contributed by atoms with Crippen molar-refractivity contribution in [3.8, 4) is 0 Å². The van der Waals surface area contributed by atoms with E-state index in [1.807, 2.05) is 16.7 Å². The number of carbonyl (C=O) groups excluding carboxylic acids is 2. The highest BCUT2D eigenvalue weighted by molar-refractivity contribution is 5.97. The maximum absolute atomic E-state index is 12.6. The molecular formula is C15H24N2O2. The molecule has 106 valence electrons. The zero-order valence-corrected chi connectivity index (χ0v) is 12.0. The van der Waals surface area contributed by atoms with Crippen LogP contribution in [0.1, 0.15) is 46.0 Å². The third kappa shape index (κ3) is 2.05. The van der Waals surface area contributed by atoms with E-state index in [-0.39, 0.29) is 23.9 Å². The second-order valence-electron chi connectivity index (χ2n) is 6.52. The number of rotatable bonds is 2. The molecule has 19 heavy (non-hydrogen) atoms. The number of fused-ring (bicyclic) bond motifs is 1. The van der Waals surface area contributed by atoms with Gasteiger partial charge in [0.1, 0.15) is 12.1 Å². The molecule has 0 radical (unpaired) electrons. The van der Waals surface area contributed by atoms with Crippen LogP contribution >= 0.6 is 0 Å². The van der Waals surface area contributed by atoms with Crippen molar-refractivity contribution < 1.29 is 9.59 Å². The van der Waals surface area contributed by atoms with Crippen LogP contribution in [0.5, 0.6) is 0 Å². The lowest BCUT2D eigenvalue weighted by Gasteiger charge is -2.42. The van der Waals surface area contributed by atoms with Crippen LogP contribution in [0.2, 0.25) is 0 Å². The Morgan fingerprint density at radius 3 is 2.53 bits per heavy atom.